The first-order valence-electron chi connectivity index (χ1n) is 10.9. The first kappa shape index (κ1) is 24.3. The van der Waals surface area contributed by atoms with Gasteiger partial charge in [-0.1, -0.05) is 6.07 Å². The van der Waals surface area contributed by atoms with Crippen LogP contribution in [0.2, 0.25) is 0 Å². The van der Waals surface area contributed by atoms with Gasteiger partial charge in [-0.05, 0) is 64.3 Å². The van der Waals surface area contributed by atoms with Crippen LogP contribution in [-0.2, 0) is 11.3 Å². The number of nitrogens with one attached hydrogen (secondary N) is 2. The van der Waals surface area contributed by atoms with E-state index >= 15 is 0 Å². The van der Waals surface area contributed by atoms with Crippen molar-refractivity contribution >= 4 is 23.8 Å². The van der Waals surface area contributed by atoms with Crippen molar-refractivity contribution in [1.82, 2.24) is 20.5 Å². The zero-order chi connectivity index (χ0) is 21.8. The molecule has 1 saturated heterocycles. The Kier molecular flexibility index (Phi) is 10.3. The van der Waals surface area contributed by atoms with E-state index in [4.69, 9.17) is 9.73 Å². The second kappa shape index (κ2) is 12.7. The summed E-state index contributed by atoms with van der Waals surface area (Å²) in [5, 5.41) is 7.34. The fraction of sp³-hybridized carbons (Fsp3) is 0.682. The second-order valence-electron chi connectivity index (χ2n) is 8.40. The van der Waals surface area contributed by atoms with E-state index in [2.05, 4.69) is 22.5 Å². The minimum Gasteiger partial charge on any atom is -0.444 e. The van der Waals surface area contributed by atoms with Gasteiger partial charge in [0.15, 0.2) is 5.96 Å². The molecule has 2 heterocycles. The van der Waals surface area contributed by atoms with Crippen molar-refractivity contribution in [3.8, 4) is 0 Å². The van der Waals surface area contributed by atoms with Crippen molar-refractivity contribution in [2.45, 2.75) is 64.4 Å². The number of amides is 1. The first-order valence-corrected chi connectivity index (χ1v) is 11.9. The topological polar surface area (TPSA) is 78.9 Å². The van der Waals surface area contributed by atoms with Crippen LogP contribution in [0.1, 0.15) is 52.5 Å². The highest BCUT2D eigenvalue weighted by atomic mass is 32.2. The van der Waals surface area contributed by atoms with E-state index in [-0.39, 0.29) is 6.09 Å². The molecule has 0 aliphatic carbocycles. The summed E-state index contributed by atoms with van der Waals surface area (Å²) in [6.45, 7) is 11.2. The summed E-state index contributed by atoms with van der Waals surface area (Å²) < 4.78 is 5.59. The van der Waals surface area contributed by atoms with Crippen LogP contribution < -0.4 is 10.6 Å². The fourth-order valence-electron chi connectivity index (χ4n) is 3.07. The zero-order valence-corrected chi connectivity index (χ0v) is 19.6. The number of rotatable bonds is 9. The van der Waals surface area contributed by atoms with Gasteiger partial charge >= 0.3 is 6.09 Å². The van der Waals surface area contributed by atoms with Crippen LogP contribution in [0.3, 0.4) is 0 Å². The second-order valence-corrected chi connectivity index (χ2v) is 9.81. The third kappa shape index (κ3) is 9.69. The van der Waals surface area contributed by atoms with Crippen LogP contribution in [0, 0.1) is 0 Å². The Balaban J connectivity index is 1.86. The molecule has 2 rings (SSSR count). The maximum atomic E-state index is 12.7. The summed E-state index contributed by atoms with van der Waals surface area (Å²) in [7, 11) is 0. The smallest absolute Gasteiger partial charge is 0.410 e. The Labute approximate surface area is 185 Å². The van der Waals surface area contributed by atoms with Crippen molar-refractivity contribution in [2.24, 2.45) is 4.99 Å². The standard InChI is InChI=1S/C22H37N5O2S/c1-5-24-20(26-16-19-10-7-14-30-19)25-12-8-13-27(21(28)29-22(2,3)4)17-18-9-6-11-23-15-18/h6,9,11,15,19H,5,7-8,10,12-14,16-17H2,1-4H3,(H2,24,25,26). The number of carbonyl (C=O) groups is 1. The van der Waals surface area contributed by atoms with E-state index in [1.807, 2.05) is 44.7 Å². The largest absolute Gasteiger partial charge is 0.444 e. The minimum atomic E-state index is -0.522. The van der Waals surface area contributed by atoms with Crippen molar-refractivity contribution in [1.29, 1.82) is 0 Å². The highest BCUT2D eigenvalue weighted by Crippen LogP contribution is 2.26. The molecule has 1 aliphatic rings. The molecule has 30 heavy (non-hydrogen) atoms. The molecule has 1 aromatic heterocycles. The summed E-state index contributed by atoms with van der Waals surface area (Å²) >= 11 is 2.02. The third-order valence-electron chi connectivity index (χ3n) is 4.47. The molecule has 0 radical (unpaired) electrons. The lowest BCUT2D eigenvalue weighted by Gasteiger charge is -2.27. The number of hydrogen-bond acceptors (Lipinski definition) is 5. The highest BCUT2D eigenvalue weighted by Gasteiger charge is 2.22. The van der Waals surface area contributed by atoms with Crippen LogP contribution in [0.5, 0.6) is 0 Å². The molecule has 0 spiro atoms. The molecule has 0 aromatic carbocycles. The van der Waals surface area contributed by atoms with Gasteiger partial charge in [-0.25, -0.2) is 4.79 Å². The predicted octanol–water partition coefficient (Wildman–Crippen LogP) is 3.66. The Bertz CT molecular complexity index is 657. The lowest BCUT2D eigenvalue weighted by Crippen LogP contribution is -2.40. The van der Waals surface area contributed by atoms with Gasteiger partial charge in [0.25, 0.3) is 0 Å². The number of pyridine rings is 1. The quantitative estimate of drug-likeness (QED) is 0.350. The number of nitrogens with zero attached hydrogens (tertiary/aromatic N) is 3. The van der Waals surface area contributed by atoms with Gasteiger partial charge in [0, 0.05) is 37.3 Å². The molecular weight excluding hydrogens is 398 g/mol. The molecule has 7 nitrogen and oxygen atoms in total. The van der Waals surface area contributed by atoms with Gasteiger partial charge in [0.1, 0.15) is 5.60 Å². The van der Waals surface area contributed by atoms with Gasteiger partial charge in [-0.2, -0.15) is 11.8 Å². The summed E-state index contributed by atoms with van der Waals surface area (Å²) in [5.41, 5.74) is 0.464. The fourth-order valence-corrected chi connectivity index (χ4v) is 4.25. The summed E-state index contributed by atoms with van der Waals surface area (Å²) in [6.07, 6.45) is 6.56. The van der Waals surface area contributed by atoms with E-state index in [1.165, 1.54) is 18.6 Å². The molecular formula is C22H37N5O2S. The Morgan fingerprint density at radius 2 is 2.23 bits per heavy atom. The molecule has 168 valence electrons. The van der Waals surface area contributed by atoms with E-state index in [0.29, 0.717) is 18.3 Å². The van der Waals surface area contributed by atoms with Crippen LogP contribution >= 0.6 is 11.8 Å². The Morgan fingerprint density at radius 3 is 2.87 bits per heavy atom. The molecule has 2 N–H and O–H groups in total. The van der Waals surface area contributed by atoms with Gasteiger partial charge in [0.2, 0.25) is 0 Å². The van der Waals surface area contributed by atoms with Crippen molar-refractivity contribution < 1.29 is 9.53 Å². The van der Waals surface area contributed by atoms with Crippen LogP contribution in [0.15, 0.2) is 29.5 Å². The van der Waals surface area contributed by atoms with Gasteiger partial charge in [-0.15, -0.1) is 0 Å². The molecule has 0 bridgehead atoms. The van der Waals surface area contributed by atoms with E-state index in [0.717, 1.165) is 37.6 Å². The van der Waals surface area contributed by atoms with Crippen LogP contribution in [0.25, 0.3) is 0 Å². The third-order valence-corrected chi connectivity index (χ3v) is 5.85. The molecule has 1 atom stereocenters. The summed E-state index contributed by atoms with van der Waals surface area (Å²) in [6, 6.07) is 3.85. The Morgan fingerprint density at radius 1 is 1.40 bits per heavy atom. The average Bonchev–Trinajstić information content (AvgIpc) is 3.21. The number of aromatic nitrogens is 1. The summed E-state index contributed by atoms with van der Waals surface area (Å²) in [4.78, 5) is 23.3. The Hall–Kier alpha value is -1.96. The maximum absolute atomic E-state index is 12.7. The van der Waals surface area contributed by atoms with Crippen molar-refractivity contribution in [3.63, 3.8) is 0 Å². The van der Waals surface area contributed by atoms with E-state index < -0.39 is 5.60 Å². The lowest BCUT2D eigenvalue weighted by molar-refractivity contribution is 0.0232. The molecule has 1 aliphatic heterocycles. The molecule has 8 heteroatoms. The predicted molar refractivity (Wildman–Crippen MR) is 125 cm³/mol. The SMILES string of the molecule is CCNC(=NCC1CCCS1)NCCCN(Cc1cccnc1)C(=O)OC(C)(C)C. The number of guanidine groups is 1. The molecule has 1 unspecified atom stereocenters. The average molecular weight is 436 g/mol. The number of aliphatic imine (C=N–C) groups is 1. The zero-order valence-electron chi connectivity index (χ0n) is 18.8. The van der Waals surface area contributed by atoms with E-state index in [1.54, 1.807) is 17.3 Å². The lowest BCUT2D eigenvalue weighted by atomic mass is 10.2. The van der Waals surface area contributed by atoms with Gasteiger partial charge in [-0.3, -0.25) is 9.98 Å². The van der Waals surface area contributed by atoms with Crippen molar-refractivity contribution in [3.05, 3.63) is 30.1 Å². The normalized spacial score (nSPS) is 16.9. The van der Waals surface area contributed by atoms with E-state index in [9.17, 15) is 4.79 Å². The molecule has 0 saturated carbocycles. The monoisotopic (exact) mass is 435 g/mol. The van der Waals surface area contributed by atoms with Crippen LogP contribution in [-0.4, -0.2) is 64.7 Å². The number of thioether (sulfide) groups is 1. The molecule has 1 fully saturated rings. The first-order chi connectivity index (χ1) is 14.4. The number of carbonyl (C=O) groups excluding carboxylic acids is 1. The van der Waals surface area contributed by atoms with Crippen LogP contribution in [0.4, 0.5) is 4.79 Å². The van der Waals surface area contributed by atoms with Crippen molar-refractivity contribution in [2.75, 3.05) is 31.9 Å². The molecule has 1 aromatic rings. The summed E-state index contributed by atoms with van der Waals surface area (Å²) in [5.74, 6) is 2.10. The number of ether oxygens (including phenoxy) is 1. The molecule has 1 amide bonds. The van der Waals surface area contributed by atoms with Gasteiger partial charge < -0.3 is 20.3 Å². The van der Waals surface area contributed by atoms with Gasteiger partial charge in [0.05, 0.1) is 13.1 Å². The minimum absolute atomic E-state index is 0.301. The highest BCUT2D eigenvalue weighted by molar-refractivity contribution is 8.00. The maximum Gasteiger partial charge on any atom is 0.410 e. The number of hydrogen-bond donors (Lipinski definition) is 2.